The Morgan fingerprint density at radius 1 is 1.00 bits per heavy atom. The zero-order valence-corrected chi connectivity index (χ0v) is 35.7. The Labute approximate surface area is 346 Å². The molecule has 0 spiro atoms. The van der Waals surface area contributed by atoms with E-state index < -0.39 is 14.4 Å². The Kier molecular flexibility index (Phi) is 12.4. The summed E-state index contributed by atoms with van der Waals surface area (Å²) < 4.78 is 8.91. The molecule has 13 heteroatoms. The molecule has 4 aromatic carbocycles. The van der Waals surface area contributed by atoms with Gasteiger partial charge >= 0.3 is 6.09 Å². The van der Waals surface area contributed by atoms with Crippen LogP contribution in [0.3, 0.4) is 0 Å². The number of aromatic nitrogens is 4. The van der Waals surface area contributed by atoms with Gasteiger partial charge in [-0.25, -0.2) is 9.48 Å². The van der Waals surface area contributed by atoms with Crippen molar-refractivity contribution in [2.45, 2.75) is 109 Å². The number of nitrogens with two attached hydrogens (primary N) is 1. The number of nitrogens with one attached hydrogen (secondary N) is 2. The summed E-state index contributed by atoms with van der Waals surface area (Å²) in [6.07, 6.45) is 3.41. The molecule has 6 aromatic rings. The molecule has 1 aliphatic rings. The van der Waals surface area contributed by atoms with Gasteiger partial charge in [-0.1, -0.05) is 80.6 Å². The van der Waals surface area contributed by atoms with Crippen molar-refractivity contribution in [1.82, 2.24) is 25.3 Å². The third-order valence-electron chi connectivity index (χ3n) is 12.3. The molecule has 1 saturated carbocycles. The van der Waals surface area contributed by atoms with Crippen LogP contribution in [0.4, 0.5) is 10.5 Å². The van der Waals surface area contributed by atoms with Crippen molar-refractivity contribution in [3.8, 4) is 16.9 Å². The molecular weight excluding hydrogens is 759 g/mol. The van der Waals surface area contributed by atoms with Gasteiger partial charge in [0.25, 0.3) is 0 Å². The minimum atomic E-state index is -2.22. The lowest BCUT2D eigenvalue weighted by Gasteiger charge is -2.39. The van der Waals surface area contributed by atoms with Gasteiger partial charge < -0.3 is 30.7 Å². The lowest BCUT2D eigenvalue weighted by Crippen LogP contribution is -2.44. The molecule has 310 valence electrons. The number of phenolic OH excluding ortho intramolecular Hbond substituents is 1. The highest BCUT2D eigenvalue weighted by Crippen LogP contribution is 2.41. The van der Waals surface area contributed by atoms with Crippen LogP contribution in [0.15, 0.2) is 95.8 Å². The fraction of sp³-hybridized carbons (Fsp3) is 0.391. The van der Waals surface area contributed by atoms with Gasteiger partial charge in [0.15, 0.2) is 8.32 Å². The molecule has 1 aliphatic carbocycles. The largest absolute Gasteiger partial charge is 0.506 e. The Hall–Kier alpha value is -5.34. The number of rotatable bonds is 14. The molecule has 1 atom stereocenters. The summed E-state index contributed by atoms with van der Waals surface area (Å²) >= 11 is 0. The molecular formula is C46H57N7O5Si. The smallest absolute Gasteiger partial charge is 0.412 e. The third-order valence-corrected chi connectivity index (χ3v) is 16.8. The highest BCUT2D eigenvalue weighted by atomic mass is 28.4. The standard InChI is InChI=1S/C46H57N7O5Si/c1-46(2,3)59(4,5)58-42(36-20-23-41(54)44-37(36)21-24-43(55)49-44)29-48-28-31-14-22-39-38(26-31)50-51-52(39)25-9-10-30-13-19-35(32-11-7-6-8-12-32)40(27-30)53(45(56)57)34-17-15-33(47)16-18-34/h6-8,11-14,19-24,26-27,33-34,42,48,54H,9-10,15-18,25,28-29,47H2,1-5H3,(H,49,55)(H,56,57)/t33?,34?,42-/m0/s1. The topological polar surface area (TPSA) is 172 Å². The van der Waals surface area contributed by atoms with E-state index in [1.807, 2.05) is 41.1 Å². The first kappa shape index (κ1) is 41.8. The van der Waals surface area contributed by atoms with Crippen LogP contribution >= 0.6 is 0 Å². The number of aromatic hydroxyl groups is 1. The lowest BCUT2D eigenvalue weighted by atomic mass is 9.89. The first-order valence-corrected chi connectivity index (χ1v) is 23.6. The van der Waals surface area contributed by atoms with Gasteiger partial charge in [-0.2, -0.15) is 0 Å². The number of phenols is 1. The van der Waals surface area contributed by atoms with Crippen molar-refractivity contribution < 1.29 is 19.4 Å². The van der Waals surface area contributed by atoms with Gasteiger partial charge in [0, 0.05) is 48.7 Å². The van der Waals surface area contributed by atoms with Crippen LogP contribution < -0.4 is 21.5 Å². The molecule has 0 unspecified atom stereocenters. The summed E-state index contributed by atoms with van der Waals surface area (Å²) in [6, 6.07) is 29.2. The van der Waals surface area contributed by atoms with E-state index in [0.717, 1.165) is 88.4 Å². The first-order valence-electron chi connectivity index (χ1n) is 20.7. The summed E-state index contributed by atoms with van der Waals surface area (Å²) in [6.45, 7) is 12.8. The predicted octanol–water partition coefficient (Wildman–Crippen LogP) is 8.89. The van der Waals surface area contributed by atoms with Gasteiger partial charge in [-0.15, -0.1) is 5.10 Å². The van der Waals surface area contributed by atoms with Crippen molar-refractivity contribution >= 4 is 42.0 Å². The van der Waals surface area contributed by atoms with E-state index in [9.17, 15) is 19.8 Å². The highest BCUT2D eigenvalue weighted by Gasteiger charge is 2.40. The summed E-state index contributed by atoms with van der Waals surface area (Å²) in [5.74, 6) is 0.0247. The quantitative estimate of drug-likeness (QED) is 0.0674. The molecule has 0 saturated heterocycles. The van der Waals surface area contributed by atoms with Crippen LogP contribution in [-0.4, -0.2) is 63.2 Å². The van der Waals surface area contributed by atoms with E-state index in [-0.39, 0.29) is 34.5 Å². The van der Waals surface area contributed by atoms with E-state index in [1.165, 1.54) is 6.07 Å². The Morgan fingerprint density at radius 3 is 2.47 bits per heavy atom. The number of pyridine rings is 1. The normalized spacial score (nSPS) is 16.7. The van der Waals surface area contributed by atoms with Crippen LogP contribution in [0.2, 0.25) is 18.1 Å². The molecule has 0 radical (unpaired) electrons. The van der Waals surface area contributed by atoms with Crippen molar-refractivity contribution in [3.05, 3.63) is 118 Å². The second kappa shape index (κ2) is 17.5. The van der Waals surface area contributed by atoms with Crippen LogP contribution in [-0.2, 0) is 23.9 Å². The van der Waals surface area contributed by atoms with Gasteiger partial charge in [0.05, 0.1) is 22.8 Å². The van der Waals surface area contributed by atoms with Crippen molar-refractivity contribution in [2.24, 2.45) is 5.73 Å². The average molecular weight is 816 g/mol. The predicted molar refractivity (Wildman–Crippen MR) is 237 cm³/mol. The molecule has 1 amide bonds. The summed E-state index contributed by atoms with van der Waals surface area (Å²) in [7, 11) is -2.22. The number of fused-ring (bicyclic) bond motifs is 2. The van der Waals surface area contributed by atoms with Crippen molar-refractivity contribution in [1.29, 1.82) is 0 Å². The Bertz CT molecular complexity index is 2470. The summed E-state index contributed by atoms with van der Waals surface area (Å²) in [4.78, 5) is 29.3. The molecule has 2 aromatic heterocycles. The van der Waals surface area contributed by atoms with E-state index in [2.05, 4.69) is 90.9 Å². The van der Waals surface area contributed by atoms with Crippen LogP contribution in [0.1, 0.15) is 75.7 Å². The lowest BCUT2D eigenvalue weighted by molar-refractivity contribution is 0.181. The maximum absolute atomic E-state index is 12.8. The van der Waals surface area contributed by atoms with Crippen LogP contribution in [0, 0.1) is 0 Å². The SMILES string of the molecule is CC(C)(C)[Si](C)(C)O[C@@H](CNCc1ccc2c(c1)nnn2CCCc1ccc(-c2ccccc2)c(N(C(=O)O)C2CCC(N)CC2)c1)c1ccc(O)c2[nH]c(=O)ccc12. The number of H-pyrrole nitrogens is 1. The van der Waals surface area contributed by atoms with E-state index in [0.29, 0.717) is 25.2 Å². The highest BCUT2D eigenvalue weighted by molar-refractivity contribution is 6.74. The van der Waals surface area contributed by atoms with E-state index in [1.54, 1.807) is 17.0 Å². The number of anilines is 1. The molecule has 0 bridgehead atoms. The first-order chi connectivity index (χ1) is 28.2. The van der Waals surface area contributed by atoms with E-state index in [4.69, 9.17) is 10.2 Å². The van der Waals surface area contributed by atoms with Crippen molar-refractivity contribution in [2.75, 3.05) is 11.4 Å². The number of nitrogens with zero attached hydrogens (tertiary/aromatic N) is 4. The van der Waals surface area contributed by atoms with Gasteiger partial charge in [-0.3, -0.25) is 9.69 Å². The van der Waals surface area contributed by atoms with Gasteiger partial charge in [-0.05, 0) is 109 Å². The molecule has 12 nitrogen and oxygen atoms in total. The Balaban J connectivity index is 1.04. The molecule has 59 heavy (non-hydrogen) atoms. The van der Waals surface area contributed by atoms with E-state index >= 15 is 0 Å². The zero-order valence-electron chi connectivity index (χ0n) is 34.7. The number of carbonyl (C=O) groups is 1. The average Bonchev–Trinajstić information content (AvgIpc) is 3.60. The minimum absolute atomic E-state index is 0.0231. The maximum atomic E-state index is 12.8. The number of benzene rings is 4. The second-order valence-electron chi connectivity index (χ2n) is 17.5. The summed E-state index contributed by atoms with van der Waals surface area (Å²) in [5.41, 5.74) is 13.7. The number of hydrogen-bond donors (Lipinski definition) is 5. The fourth-order valence-electron chi connectivity index (χ4n) is 7.97. The Morgan fingerprint density at radius 2 is 1.75 bits per heavy atom. The zero-order chi connectivity index (χ0) is 41.9. The molecule has 1 fully saturated rings. The number of amides is 1. The van der Waals surface area contributed by atoms with Crippen LogP contribution in [0.5, 0.6) is 5.75 Å². The van der Waals surface area contributed by atoms with Crippen LogP contribution in [0.25, 0.3) is 33.1 Å². The third kappa shape index (κ3) is 9.44. The molecule has 0 aliphatic heterocycles. The van der Waals surface area contributed by atoms with Crippen molar-refractivity contribution in [3.63, 3.8) is 0 Å². The second-order valence-corrected chi connectivity index (χ2v) is 22.2. The minimum Gasteiger partial charge on any atom is -0.506 e. The number of carboxylic acid groups (broad SMARTS) is 1. The summed E-state index contributed by atoms with van der Waals surface area (Å²) in [5, 5.41) is 34.4. The van der Waals surface area contributed by atoms with Gasteiger partial charge in [0.1, 0.15) is 11.3 Å². The van der Waals surface area contributed by atoms with Gasteiger partial charge in [0.2, 0.25) is 5.56 Å². The molecule has 7 rings (SSSR count). The maximum Gasteiger partial charge on any atom is 0.412 e. The number of hydrogen-bond acceptors (Lipinski definition) is 8. The monoisotopic (exact) mass is 815 g/mol. The molecule has 6 N–H and O–H groups in total. The molecule has 2 heterocycles. The fourth-order valence-corrected chi connectivity index (χ4v) is 9.25. The number of aryl methyl sites for hydroxylation is 2. The number of aromatic amines is 1.